The number of thioether (sulfide) groups is 1. The summed E-state index contributed by atoms with van der Waals surface area (Å²) in [6, 6.07) is 4.54. The maximum absolute atomic E-state index is 13.8. The van der Waals surface area contributed by atoms with E-state index >= 15 is 0 Å². The van der Waals surface area contributed by atoms with Crippen molar-refractivity contribution in [1.29, 1.82) is 0 Å². The van der Waals surface area contributed by atoms with Crippen molar-refractivity contribution in [1.82, 2.24) is 9.29 Å². The molecule has 2 N–H and O–H groups in total. The lowest BCUT2D eigenvalue weighted by Crippen LogP contribution is -2.61. The molecule has 44 heavy (non-hydrogen) atoms. The molecule has 12 heteroatoms. The number of aliphatic hydroxyl groups excluding tert-OH is 1. The van der Waals surface area contributed by atoms with E-state index in [1.54, 1.807) is 18.2 Å². The van der Waals surface area contributed by atoms with E-state index in [-0.39, 0.29) is 45.2 Å². The molecule has 4 fully saturated rings. The summed E-state index contributed by atoms with van der Waals surface area (Å²) in [6.45, 7) is 5.34. The van der Waals surface area contributed by atoms with Crippen LogP contribution in [0.2, 0.25) is 0 Å². The first-order chi connectivity index (χ1) is 20.9. The fourth-order valence-electron chi connectivity index (χ4n) is 9.08. The van der Waals surface area contributed by atoms with Gasteiger partial charge < -0.3 is 19.4 Å². The summed E-state index contributed by atoms with van der Waals surface area (Å²) < 4.78 is 38.7. The van der Waals surface area contributed by atoms with Gasteiger partial charge in [-0.2, -0.15) is 4.31 Å². The number of aliphatic hydroxyl groups is 2. The first-order valence-corrected chi connectivity index (χ1v) is 17.8. The molecule has 1 aliphatic heterocycles. The first kappa shape index (κ1) is 30.3. The van der Waals surface area contributed by atoms with Gasteiger partial charge in [0.05, 0.1) is 30.0 Å². The summed E-state index contributed by atoms with van der Waals surface area (Å²) in [7, 11) is -3.70. The Labute approximate surface area is 261 Å². The van der Waals surface area contributed by atoms with Gasteiger partial charge in [0.1, 0.15) is 11.1 Å². The molecule has 7 rings (SSSR count). The van der Waals surface area contributed by atoms with Crippen LogP contribution < -0.4 is 0 Å². The Morgan fingerprint density at radius 2 is 1.98 bits per heavy atom. The zero-order valence-electron chi connectivity index (χ0n) is 24.9. The number of oxazole rings is 1. The average molecular weight is 643 g/mol. The lowest BCUT2D eigenvalue weighted by Gasteiger charge is -2.59. The van der Waals surface area contributed by atoms with Crippen LogP contribution in [0.3, 0.4) is 0 Å². The Hall–Kier alpha value is -2.35. The van der Waals surface area contributed by atoms with E-state index in [4.69, 9.17) is 9.15 Å². The molecule has 1 saturated heterocycles. The molecule has 2 aromatic rings. The summed E-state index contributed by atoms with van der Waals surface area (Å²) in [5, 5.41) is 23.9. The fourth-order valence-corrected chi connectivity index (χ4v) is 11.3. The molecule has 5 aliphatic rings. The number of allylic oxidation sites excluding steroid dienone is 4. The van der Waals surface area contributed by atoms with Gasteiger partial charge in [0, 0.05) is 29.8 Å². The van der Waals surface area contributed by atoms with E-state index < -0.39 is 32.6 Å². The lowest BCUT2D eigenvalue weighted by molar-refractivity contribution is -0.174. The van der Waals surface area contributed by atoms with Crippen LogP contribution in [0.15, 0.2) is 56.5 Å². The SMILES string of the molecule is CC12C=CC(=O)C=C1CCC1C2[C@@H](O)CC2(C)C1CC[C@]2(O)C(=O)CSc1nc2cc(S(=O)(=O)N3CCOCC3)ccc2o1. The van der Waals surface area contributed by atoms with Crippen molar-refractivity contribution in [3.8, 4) is 0 Å². The molecule has 0 radical (unpaired) electrons. The number of rotatable bonds is 6. The third-order valence-corrected chi connectivity index (χ3v) is 14.1. The van der Waals surface area contributed by atoms with Crippen molar-refractivity contribution >= 4 is 44.5 Å². The Bertz CT molecular complexity index is 1690. The molecule has 236 valence electrons. The van der Waals surface area contributed by atoms with E-state index in [0.717, 1.165) is 30.2 Å². The normalized spacial score (nSPS) is 37.4. The van der Waals surface area contributed by atoms with Crippen molar-refractivity contribution < 1.29 is 37.4 Å². The molecule has 5 unspecified atom stereocenters. The molecule has 0 bridgehead atoms. The van der Waals surface area contributed by atoms with Crippen LogP contribution in [0.1, 0.15) is 46.0 Å². The van der Waals surface area contributed by atoms with E-state index in [2.05, 4.69) is 11.9 Å². The smallest absolute Gasteiger partial charge is 0.257 e. The minimum atomic E-state index is -3.70. The van der Waals surface area contributed by atoms with Crippen LogP contribution >= 0.6 is 11.8 Å². The minimum absolute atomic E-state index is 0.0122. The lowest BCUT2D eigenvalue weighted by atomic mass is 9.46. The van der Waals surface area contributed by atoms with E-state index in [1.807, 2.05) is 13.0 Å². The zero-order valence-corrected chi connectivity index (χ0v) is 26.5. The summed E-state index contributed by atoms with van der Waals surface area (Å²) in [5.41, 5.74) is -0.948. The number of nitrogens with zero attached hydrogens (tertiary/aromatic N) is 2. The third-order valence-electron chi connectivity index (χ3n) is 11.4. The number of hydrogen-bond acceptors (Lipinski definition) is 10. The molecule has 1 aromatic carbocycles. The summed E-state index contributed by atoms with van der Waals surface area (Å²) >= 11 is 1.08. The van der Waals surface area contributed by atoms with Crippen LogP contribution in [0.4, 0.5) is 0 Å². The number of sulfonamides is 1. The standard InChI is InChI=1S/C32H38N2O8S2/c1-30-9-7-20(35)15-19(30)3-5-22-23-8-10-32(38,31(23,2)17-25(36)28(22)30)27(37)18-43-29-33-24-16-21(4-6-26(24)42-29)44(39,40)34-11-13-41-14-12-34/h4,6-7,9,15-16,22-23,25,28,36,38H,3,5,8,10-14,17-18H2,1-2H3/t22?,23?,25-,28?,30?,31?,32-/m0/s1. The summed E-state index contributed by atoms with van der Waals surface area (Å²) in [5.74, 6) is -0.282. The number of benzene rings is 1. The van der Waals surface area contributed by atoms with Gasteiger partial charge in [-0.25, -0.2) is 13.4 Å². The van der Waals surface area contributed by atoms with E-state index in [0.29, 0.717) is 56.7 Å². The zero-order chi connectivity index (χ0) is 31.1. The number of Topliss-reactive ketones (excluding diaryl/α,β-unsaturated/α-hetero) is 1. The second-order valence-electron chi connectivity index (χ2n) is 13.4. The van der Waals surface area contributed by atoms with Crippen LogP contribution in [0, 0.1) is 28.6 Å². The number of morpholine rings is 1. The number of ketones is 2. The largest absolute Gasteiger partial charge is 0.431 e. The minimum Gasteiger partial charge on any atom is -0.431 e. The highest BCUT2D eigenvalue weighted by Gasteiger charge is 2.68. The predicted octanol–water partition coefficient (Wildman–Crippen LogP) is 3.52. The Balaban J connectivity index is 1.08. The molecule has 4 aliphatic carbocycles. The molecular weight excluding hydrogens is 604 g/mol. The maximum Gasteiger partial charge on any atom is 0.257 e. The van der Waals surface area contributed by atoms with Crippen molar-refractivity contribution in [2.45, 2.75) is 67.8 Å². The van der Waals surface area contributed by atoms with Gasteiger partial charge in [-0.1, -0.05) is 37.3 Å². The Morgan fingerprint density at radius 1 is 1.20 bits per heavy atom. The van der Waals surface area contributed by atoms with Crippen LogP contribution in [0.25, 0.3) is 11.1 Å². The summed E-state index contributed by atoms with van der Waals surface area (Å²) in [6.07, 6.45) is 7.46. The van der Waals surface area contributed by atoms with Crippen LogP contribution in [0.5, 0.6) is 0 Å². The molecule has 2 heterocycles. The van der Waals surface area contributed by atoms with Crippen molar-refractivity contribution in [2.75, 3.05) is 32.1 Å². The van der Waals surface area contributed by atoms with Gasteiger partial charge in [-0.05, 0) is 74.3 Å². The molecular formula is C32H38N2O8S2. The topological polar surface area (TPSA) is 147 Å². The number of fused-ring (bicyclic) bond motifs is 6. The number of aromatic nitrogens is 1. The highest BCUT2D eigenvalue weighted by Crippen LogP contribution is 2.67. The number of hydrogen-bond donors (Lipinski definition) is 2. The maximum atomic E-state index is 13.8. The first-order valence-electron chi connectivity index (χ1n) is 15.4. The molecule has 0 spiro atoms. The number of ether oxygens (including phenoxy) is 1. The van der Waals surface area contributed by atoms with Gasteiger partial charge in [-0.3, -0.25) is 9.59 Å². The highest BCUT2D eigenvalue weighted by atomic mass is 32.2. The second-order valence-corrected chi connectivity index (χ2v) is 16.3. The van der Waals surface area contributed by atoms with Crippen LogP contribution in [-0.4, -0.2) is 83.2 Å². The number of carbonyl (C=O) groups excluding carboxylic acids is 2. The van der Waals surface area contributed by atoms with Gasteiger partial charge in [0.15, 0.2) is 17.1 Å². The van der Waals surface area contributed by atoms with Gasteiger partial charge in [0.2, 0.25) is 10.0 Å². The van der Waals surface area contributed by atoms with E-state index in [9.17, 15) is 28.2 Å². The van der Waals surface area contributed by atoms with Crippen LogP contribution in [-0.2, 0) is 24.3 Å². The van der Waals surface area contributed by atoms with E-state index in [1.165, 1.54) is 16.4 Å². The van der Waals surface area contributed by atoms with Gasteiger partial charge in [-0.15, -0.1) is 0 Å². The molecule has 1 aromatic heterocycles. The quantitative estimate of drug-likeness (QED) is 0.449. The highest BCUT2D eigenvalue weighted by molar-refractivity contribution is 7.99. The third kappa shape index (κ3) is 4.51. The molecule has 0 amide bonds. The second kappa shape index (κ2) is 10.6. The van der Waals surface area contributed by atoms with Crippen molar-refractivity contribution in [3.05, 3.63) is 42.0 Å². The Kier molecular flexibility index (Phi) is 7.30. The summed E-state index contributed by atoms with van der Waals surface area (Å²) in [4.78, 5) is 30.5. The molecule has 3 saturated carbocycles. The van der Waals surface area contributed by atoms with Gasteiger partial charge in [0.25, 0.3) is 5.22 Å². The average Bonchev–Trinajstić information content (AvgIpc) is 3.54. The number of carbonyl (C=O) groups is 2. The Morgan fingerprint density at radius 3 is 2.75 bits per heavy atom. The fraction of sp³-hybridized carbons (Fsp3) is 0.594. The van der Waals surface area contributed by atoms with Crippen molar-refractivity contribution in [3.63, 3.8) is 0 Å². The predicted molar refractivity (Wildman–Crippen MR) is 162 cm³/mol. The molecule has 7 atom stereocenters. The monoisotopic (exact) mass is 642 g/mol. The van der Waals surface area contributed by atoms with Gasteiger partial charge >= 0.3 is 0 Å². The molecule has 10 nitrogen and oxygen atoms in total. The van der Waals surface area contributed by atoms with Crippen molar-refractivity contribution in [2.24, 2.45) is 28.6 Å².